The normalized spacial score (nSPS) is 17.6. The van der Waals surface area contributed by atoms with Gasteiger partial charge in [0, 0.05) is 19.5 Å². The van der Waals surface area contributed by atoms with Gasteiger partial charge in [0.25, 0.3) is 0 Å². The van der Waals surface area contributed by atoms with E-state index in [1.54, 1.807) is 17.0 Å². The molecule has 0 spiro atoms. The first-order valence-electron chi connectivity index (χ1n) is 8.07. The van der Waals surface area contributed by atoms with Crippen molar-refractivity contribution >= 4 is 11.8 Å². The van der Waals surface area contributed by atoms with E-state index in [9.17, 15) is 22.8 Å². The molecule has 1 unspecified atom stereocenters. The number of rotatable bonds is 5. The fourth-order valence-corrected chi connectivity index (χ4v) is 2.84. The zero-order valence-corrected chi connectivity index (χ0v) is 13.8. The van der Waals surface area contributed by atoms with E-state index in [0.29, 0.717) is 24.4 Å². The van der Waals surface area contributed by atoms with Crippen molar-refractivity contribution in [3.05, 3.63) is 59.5 Å². The van der Waals surface area contributed by atoms with Gasteiger partial charge in [0.2, 0.25) is 11.8 Å². The van der Waals surface area contributed by atoms with Crippen molar-refractivity contribution in [3.8, 4) is 0 Å². The topological polar surface area (TPSA) is 62.6 Å². The average Bonchev–Trinajstić information content (AvgIpc) is 3.23. The van der Waals surface area contributed by atoms with Crippen molar-refractivity contribution in [2.45, 2.75) is 25.7 Å². The molecule has 3 rings (SSSR count). The zero-order valence-electron chi connectivity index (χ0n) is 13.8. The van der Waals surface area contributed by atoms with Crippen molar-refractivity contribution in [3.63, 3.8) is 0 Å². The van der Waals surface area contributed by atoms with E-state index < -0.39 is 17.7 Å². The van der Waals surface area contributed by atoms with Crippen LogP contribution in [0.5, 0.6) is 0 Å². The predicted octanol–water partition coefficient (Wildman–Crippen LogP) is 2.96. The molecule has 1 aliphatic rings. The van der Waals surface area contributed by atoms with Crippen LogP contribution in [0.2, 0.25) is 0 Å². The molecular formula is C18H17F3N2O3. The maximum absolute atomic E-state index is 12.5. The summed E-state index contributed by atoms with van der Waals surface area (Å²) in [5, 5.41) is 2.68. The SMILES string of the molecule is O=C(NCc1ccc(C(F)(F)F)cc1)C1CC(=O)N(Cc2ccco2)C1. The molecule has 1 aliphatic heterocycles. The minimum absolute atomic E-state index is 0.111. The molecule has 2 amide bonds. The summed E-state index contributed by atoms with van der Waals surface area (Å²) in [7, 11) is 0. The largest absolute Gasteiger partial charge is 0.467 e. The number of hydrogen-bond donors (Lipinski definition) is 1. The van der Waals surface area contributed by atoms with Gasteiger partial charge in [0.1, 0.15) is 5.76 Å². The van der Waals surface area contributed by atoms with Crippen LogP contribution in [0.3, 0.4) is 0 Å². The second-order valence-corrected chi connectivity index (χ2v) is 6.17. The molecule has 2 heterocycles. The predicted molar refractivity (Wildman–Crippen MR) is 85.5 cm³/mol. The third-order valence-electron chi connectivity index (χ3n) is 4.26. The number of nitrogens with one attached hydrogen (secondary N) is 1. The van der Waals surface area contributed by atoms with Gasteiger partial charge in [-0.05, 0) is 29.8 Å². The van der Waals surface area contributed by atoms with Gasteiger partial charge in [-0.1, -0.05) is 12.1 Å². The highest BCUT2D eigenvalue weighted by atomic mass is 19.4. The standard InChI is InChI=1S/C18H17F3N2O3/c19-18(20,21)14-5-3-12(4-6-14)9-22-17(25)13-8-16(24)23(10-13)11-15-2-1-7-26-15/h1-7,13H,8-11H2,(H,22,25). The molecule has 1 atom stereocenters. The average molecular weight is 366 g/mol. The van der Waals surface area contributed by atoms with Gasteiger partial charge in [-0.2, -0.15) is 13.2 Å². The third-order valence-corrected chi connectivity index (χ3v) is 4.26. The lowest BCUT2D eigenvalue weighted by Crippen LogP contribution is -2.32. The highest BCUT2D eigenvalue weighted by Crippen LogP contribution is 2.29. The molecule has 26 heavy (non-hydrogen) atoms. The van der Waals surface area contributed by atoms with Crippen LogP contribution in [0.1, 0.15) is 23.3 Å². The van der Waals surface area contributed by atoms with Crippen LogP contribution >= 0.6 is 0 Å². The Morgan fingerprint density at radius 3 is 2.58 bits per heavy atom. The van der Waals surface area contributed by atoms with Crippen LogP contribution in [-0.2, 0) is 28.9 Å². The Balaban J connectivity index is 1.51. The van der Waals surface area contributed by atoms with Crippen molar-refractivity contribution < 1.29 is 27.2 Å². The summed E-state index contributed by atoms with van der Waals surface area (Å²) in [6.45, 7) is 0.715. The Labute approximate surface area is 147 Å². The van der Waals surface area contributed by atoms with Crippen LogP contribution in [0.4, 0.5) is 13.2 Å². The number of carbonyl (C=O) groups excluding carboxylic acids is 2. The first-order chi connectivity index (χ1) is 12.3. The highest BCUT2D eigenvalue weighted by Gasteiger charge is 2.34. The maximum Gasteiger partial charge on any atom is 0.416 e. The van der Waals surface area contributed by atoms with E-state index in [-0.39, 0.29) is 24.8 Å². The molecule has 0 radical (unpaired) electrons. The van der Waals surface area contributed by atoms with E-state index in [0.717, 1.165) is 12.1 Å². The number of carbonyl (C=O) groups is 2. The molecule has 5 nitrogen and oxygen atoms in total. The summed E-state index contributed by atoms with van der Waals surface area (Å²) in [4.78, 5) is 25.8. The van der Waals surface area contributed by atoms with Gasteiger partial charge >= 0.3 is 6.18 Å². The van der Waals surface area contributed by atoms with Gasteiger partial charge in [0.15, 0.2) is 0 Å². The molecule has 138 valence electrons. The smallest absolute Gasteiger partial charge is 0.416 e. The molecule has 8 heteroatoms. The Morgan fingerprint density at radius 2 is 1.96 bits per heavy atom. The molecule has 1 saturated heterocycles. The minimum atomic E-state index is -4.39. The van der Waals surface area contributed by atoms with Gasteiger partial charge in [-0.3, -0.25) is 9.59 Å². The Bertz CT molecular complexity index is 770. The lowest BCUT2D eigenvalue weighted by Gasteiger charge is -2.15. The molecule has 0 saturated carbocycles. The summed E-state index contributed by atoms with van der Waals surface area (Å²) < 4.78 is 42.8. The first-order valence-corrected chi connectivity index (χ1v) is 8.07. The van der Waals surface area contributed by atoms with Crippen molar-refractivity contribution in [2.24, 2.45) is 5.92 Å². The van der Waals surface area contributed by atoms with Gasteiger partial charge in [0.05, 0.1) is 24.3 Å². The number of alkyl halides is 3. The molecule has 1 fully saturated rings. The Morgan fingerprint density at radius 1 is 1.23 bits per heavy atom. The van der Waals surface area contributed by atoms with Gasteiger partial charge in [-0.25, -0.2) is 0 Å². The van der Waals surface area contributed by atoms with Crippen LogP contribution in [0.25, 0.3) is 0 Å². The van der Waals surface area contributed by atoms with Crippen LogP contribution in [-0.4, -0.2) is 23.3 Å². The lowest BCUT2D eigenvalue weighted by atomic mass is 10.1. The second-order valence-electron chi connectivity index (χ2n) is 6.17. The molecule has 1 aromatic heterocycles. The van der Waals surface area contributed by atoms with Gasteiger partial charge < -0.3 is 14.6 Å². The number of benzene rings is 1. The van der Waals surface area contributed by atoms with E-state index in [1.165, 1.54) is 18.4 Å². The van der Waals surface area contributed by atoms with Crippen molar-refractivity contribution in [1.29, 1.82) is 0 Å². The van der Waals surface area contributed by atoms with E-state index >= 15 is 0 Å². The second kappa shape index (κ2) is 7.23. The van der Waals surface area contributed by atoms with Crippen molar-refractivity contribution in [1.82, 2.24) is 10.2 Å². The molecule has 0 bridgehead atoms. The first kappa shape index (κ1) is 18.0. The quantitative estimate of drug-likeness (QED) is 0.885. The Kier molecular flexibility index (Phi) is 5.01. The monoisotopic (exact) mass is 366 g/mol. The van der Waals surface area contributed by atoms with E-state index in [4.69, 9.17) is 4.42 Å². The summed E-state index contributed by atoms with van der Waals surface area (Å²) in [5.74, 6) is -0.257. The number of nitrogens with zero attached hydrogens (tertiary/aromatic N) is 1. The molecule has 2 aromatic rings. The minimum Gasteiger partial charge on any atom is -0.467 e. The van der Waals surface area contributed by atoms with Crippen molar-refractivity contribution in [2.75, 3.05) is 6.54 Å². The number of halogens is 3. The number of hydrogen-bond acceptors (Lipinski definition) is 3. The fourth-order valence-electron chi connectivity index (χ4n) is 2.84. The maximum atomic E-state index is 12.5. The number of amides is 2. The summed E-state index contributed by atoms with van der Waals surface area (Å²) in [6.07, 6.45) is -2.76. The molecule has 1 N–H and O–H groups in total. The van der Waals surface area contributed by atoms with Crippen LogP contribution < -0.4 is 5.32 Å². The molecule has 0 aliphatic carbocycles. The lowest BCUT2D eigenvalue weighted by molar-refractivity contribution is -0.137. The highest BCUT2D eigenvalue weighted by molar-refractivity contribution is 5.89. The number of likely N-dealkylation sites (tertiary alicyclic amines) is 1. The third kappa shape index (κ3) is 4.25. The van der Waals surface area contributed by atoms with E-state index in [1.807, 2.05) is 0 Å². The Hall–Kier alpha value is -2.77. The summed E-state index contributed by atoms with van der Waals surface area (Å²) in [6, 6.07) is 8.09. The number of furan rings is 1. The fraction of sp³-hybridized carbons (Fsp3) is 0.333. The summed E-state index contributed by atoms with van der Waals surface area (Å²) in [5.41, 5.74) is -0.175. The van der Waals surface area contributed by atoms with Crippen LogP contribution in [0.15, 0.2) is 47.1 Å². The van der Waals surface area contributed by atoms with Gasteiger partial charge in [-0.15, -0.1) is 0 Å². The molecule has 1 aromatic carbocycles. The van der Waals surface area contributed by atoms with E-state index in [2.05, 4.69) is 5.32 Å². The van der Waals surface area contributed by atoms with Crippen LogP contribution in [0, 0.1) is 5.92 Å². The summed E-state index contributed by atoms with van der Waals surface area (Å²) >= 11 is 0. The zero-order chi connectivity index (χ0) is 18.7. The molecular weight excluding hydrogens is 349 g/mol.